The fraction of sp³-hybridized carbons (Fsp3) is 0.273. The zero-order chi connectivity index (χ0) is 8.72. The Balaban J connectivity index is 2.61. The Hall–Kier alpha value is -0.560. The zero-order valence-corrected chi connectivity index (χ0v) is 8.90. The van der Waals surface area contributed by atoms with Crippen molar-refractivity contribution in [1.29, 1.82) is 0 Å². The Labute approximate surface area is 81.4 Å². The summed E-state index contributed by atoms with van der Waals surface area (Å²) >= 11 is 3.55. The Morgan fingerprint density at radius 2 is 2.00 bits per heavy atom. The maximum atomic E-state index is 3.55. The molecule has 1 aromatic carbocycles. The van der Waals surface area contributed by atoms with E-state index >= 15 is 0 Å². The summed E-state index contributed by atoms with van der Waals surface area (Å²) < 4.78 is 1.23. The van der Waals surface area contributed by atoms with E-state index in [1.54, 1.807) is 0 Å². The largest absolute Gasteiger partial charge is 0.0683 e. The van der Waals surface area contributed by atoms with E-state index in [1.165, 1.54) is 26.7 Å². The van der Waals surface area contributed by atoms with Crippen molar-refractivity contribution in [1.82, 2.24) is 0 Å². The van der Waals surface area contributed by atoms with E-state index in [2.05, 4.69) is 48.0 Å². The molecule has 0 atom stereocenters. The molecule has 0 N–H and O–H groups in total. The highest BCUT2D eigenvalue weighted by atomic mass is 79.9. The van der Waals surface area contributed by atoms with E-state index < -0.39 is 0 Å². The molecule has 0 unspecified atom stereocenters. The van der Waals surface area contributed by atoms with Crippen LogP contribution in [0.4, 0.5) is 0 Å². The molecule has 0 radical (unpaired) electrons. The maximum absolute atomic E-state index is 3.55. The SMILES string of the molecule is CC1=Cc2ccc(Br)c(C)c2C1. The van der Waals surface area contributed by atoms with E-state index in [4.69, 9.17) is 0 Å². The maximum Gasteiger partial charge on any atom is 0.0207 e. The number of fused-ring (bicyclic) bond motifs is 1. The van der Waals surface area contributed by atoms with Gasteiger partial charge in [-0.2, -0.15) is 0 Å². The fourth-order valence-electron chi connectivity index (χ4n) is 1.71. The second-order valence-corrected chi connectivity index (χ2v) is 4.26. The van der Waals surface area contributed by atoms with Crippen molar-refractivity contribution >= 4 is 22.0 Å². The summed E-state index contributed by atoms with van der Waals surface area (Å²) in [5.41, 5.74) is 5.74. The van der Waals surface area contributed by atoms with Crippen molar-refractivity contribution in [2.24, 2.45) is 0 Å². The number of hydrogen-bond acceptors (Lipinski definition) is 0. The van der Waals surface area contributed by atoms with Gasteiger partial charge in [0.2, 0.25) is 0 Å². The van der Waals surface area contributed by atoms with Crippen molar-refractivity contribution in [2.75, 3.05) is 0 Å². The van der Waals surface area contributed by atoms with Crippen LogP contribution in [-0.2, 0) is 6.42 Å². The topological polar surface area (TPSA) is 0 Å². The Morgan fingerprint density at radius 3 is 2.75 bits per heavy atom. The van der Waals surface area contributed by atoms with Gasteiger partial charge in [0, 0.05) is 4.47 Å². The average Bonchev–Trinajstić information content (AvgIpc) is 2.39. The van der Waals surface area contributed by atoms with E-state index in [0.29, 0.717) is 0 Å². The molecule has 0 fully saturated rings. The summed E-state index contributed by atoms with van der Waals surface area (Å²) in [6.45, 7) is 4.36. The molecule has 0 saturated heterocycles. The van der Waals surface area contributed by atoms with Gasteiger partial charge >= 0.3 is 0 Å². The molecule has 12 heavy (non-hydrogen) atoms. The summed E-state index contributed by atoms with van der Waals surface area (Å²) in [6.07, 6.45) is 3.40. The summed E-state index contributed by atoms with van der Waals surface area (Å²) in [5, 5.41) is 0. The van der Waals surface area contributed by atoms with Gasteiger partial charge in [-0.1, -0.05) is 33.6 Å². The van der Waals surface area contributed by atoms with Crippen molar-refractivity contribution in [2.45, 2.75) is 20.3 Å². The molecule has 62 valence electrons. The smallest absolute Gasteiger partial charge is 0.0207 e. The monoisotopic (exact) mass is 222 g/mol. The molecule has 2 rings (SSSR count). The van der Waals surface area contributed by atoms with Crippen LogP contribution in [0.3, 0.4) is 0 Å². The molecule has 0 bridgehead atoms. The van der Waals surface area contributed by atoms with Gasteiger partial charge in [0.1, 0.15) is 0 Å². The molecular formula is C11H11Br. The van der Waals surface area contributed by atoms with Gasteiger partial charge in [-0.15, -0.1) is 0 Å². The lowest BCUT2D eigenvalue weighted by Crippen LogP contribution is -1.89. The first-order chi connectivity index (χ1) is 5.68. The Morgan fingerprint density at radius 1 is 1.25 bits per heavy atom. The van der Waals surface area contributed by atoms with Crippen LogP contribution in [-0.4, -0.2) is 0 Å². The first-order valence-corrected chi connectivity index (χ1v) is 4.93. The minimum absolute atomic E-state index is 1.13. The second-order valence-electron chi connectivity index (χ2n) is 3.41. The number of hydrogen-bond donors (Lipinski definition) is 0. The minimum Gasteiger partial charge on any atom is -0.0683 e. The fourth-order valence-corrected chi connectivity index (χ4v) is 2.09. The molecule has 1 aliphatic carbocycles. The molecule has 0 aromatic heterocycles. The van der Waals surface area contributed by atoms with Gasteiger partial charge in [-0.05, 0) is 43.0 Å². The third-order valence-electron chi connectivity index (χ3n) is 2.43. The molecule has 0 saturated carbocycles. The van der Waals surface area contributed by atoms with Crippen LogP contribution in [0.25, 0.3) is 6.08 Å². The van der Waals surface area contributed by atoms with Crippen molar-refractivity contribution < 1.29 is 0 Å². The van der Waals surface area contributed by atoms with Crippen LogP contribution < -0.4 is 0 Å². The number of benzene rings is 1. The highest BCUT2D eigenvalue weighted by Gasteiger charge is 2.12. The molecule has 0 spiro atoms. The second kappa shape index (κ2) is 2.74. The first-order valence-electron chi connectivity index (χ1n) is 4.13. The van der Waals surface area contributed by atoms with Crippen LogP contribution in [0.5, 0.6) is 0 Å². The normalized spacial score (nSPS) is 14.4. The minimum atomic E-state index is 1.13. The van der Waals surface area contributed by atoms with Crippen LogP contribution in [0.15, 0.2) is 22.2 Å². The predicted molar refractivity (Wildman–Crippen MR) is 56.2 cm³/mol. The van der Waals surface area contributed by atoms with Gasteiger partial charge in [0.15, 0.2) is 0 Å². The van der Waals surface area contributed by atoms with Crippen LogP contribution in [0.1, 0.15) is 23.6 Å². The van der Waals surface area contributed by atoms with Crippen LogP contribution in [0.2, 0.25) is 0 Å². The third kappa shape index (κ3) is 1.13. The molecule has 0 amide bonds. The van der Waals surface area contributed by atoms with E-state index in [-0.39, 0.29) is 0 Å². The quantitative estimate of drug-likeness (QED) is 0.628. The molecule has 1 aromatic rings. The first kappa shape index (κ1) is 8.06. The summed E-state index contributed by atoms with van der Waals surface area (Å²) in [7, 11) is 0. The van der Waals surface area contributed by atoms with Gasteiger partial charge in [0.25, 0.3) is 0 Å². The number of rotatable bonds is 0. The van der Waals surface area contributed by atoms with E-state index in [0.717, 1.165) is 6.42 Å². The van der Waals surface area contributed by atoms with Gasteiger partial charge in [-0.3, -0.25) is 0 Å². The average molecular weight is 223 g/mol. The lowest BCUT2D eigenvalue weighted by atomic mass is 10.0. The lowest BCUT2D eigenvalue weighted by molar-refractivity contribution is 1.15. The zero-order valence-electron chi connectivity index (χ0n) is 7.32. The molecular weight excluding hydrogens is 212 g/mol. The summed E-state index contributed by atoms with van der Waals surface area (Å²) in [6, 6.07) is 4.31. The highest BCUT2D eigenvalue weighted by molar-refractivity contribution is 9.10. The number of halogens is 1. The molecule has 0 nitrogen and oxygen atoms in total. The Bertz CT molecular complexity index is 362. The van der Waals surface area contributed by atoms with Gasteiger partial charge in [-0.25, -0.2) is 0 Å². The van der Waals surface area contributed by atoms with Crippen LogP contribution in [0, 0.1) is 6.92 Å². The van der Waals surface area contributed by atoms with Crippen molar-refractivity contribution in [3.63, 3.8) is 0 Å². The van der Waals surface area contributed by atoms with E-state index in [9.17, 15) is 0 Å². The number of allylic oxidation sites excluding steroid dienone is 1. The summed E-state index contributed by atoms with van der Waals surface area (Å²) in [4.78, 5) is 0. The molecule has 1 heteroatoms. The predicted octanol–water partition coefficient (Wildman–Crippen LogP) is 3.72. The lowest BCUT2D eigenvalue weighted by Gasteiger charge is -2.05. The highest BCUT2D eigenvalue weighted by Crippen LogP contribution is 2.31. The Kier molecular flexibility index (Phi) is 1.84. The van der Waals surface area contributed by atoms with Crippen molar-refractivity contribution in [3.8, 4) is 0 Å². The van der Waals surface area contributed by atoms with Crippen LogP contribution >= 0.6 is 15.9 Å². The third-order valence-corrected chi connectivity index (χ3v) is 3.29. The molecule has 1 aliphatic rings. The standard InChI is InChI=1S/C11H11Br/c1-7-5-9-3-4-11(12)8(2)10(9)6-7/h3-5H,6H2,1-2H3. The van der Waals surface area contributed by atoms with Gasteiger partial charge in [0.05, 0.1) is 0 Å². The van der Waals surface area contributed by atoms with E-state index in [1.807, 2.05) is 0 Å². The summed E-state index contributed by atoms with van der Waals surface area (Å²) in [5.74, 6) is 0. The molecule has 0 aliphatic heterocycles. The van der Waals surface area contributed by atoms with Crippen molar-refractivity contribution in [3.05, 3.63) is 38.9 Å². The van der Waals surface area contributed by atoms with Gasteiger partial charge < -0.3 is 0 Å². The molecule has 0 heterocycles.